The van der Waals surface area contributed by atoms with Gasteiger partial charge in [0.05, 0.1) is 0 Å². The second-order valence-electron chi connectivity index (χ2n) is 9.62. The number of thioether (sulfide) groups is 1. The fourth-order valence-corrected chi connectivity index (χ4v) is 5.92. The molecule has 3 amide bonds. The molecule has 1 aromatic rings. The number of rotatable bonds is 8. The van der Waals surface area contributed by atoms with Crippen LogP contribution >= 0.6 is 11.8 Å². The molecule has 0 spiro atoms. The number of hydrogen-bond acceptors (Lipinski definition) is 4. The molecule has 0 unspecified atom stereocenters. The van der Waals surface area contributed by atoms with E-state index in [-0.39, 0.29) is 29.0 Å². The third-order valence-corrected chi connectivity index (χ3v) is 7.89. The van der Waals surface area contributed by atoms with Gasteiger partial charge < -0.3 is 15.5 Å². The number of nitrogens with zero attached hydrogens (tertiary/aromatic N) is 1. The summed E-state index contributed by atoms with van der Waals surface area (Å²) in [5.41, 5.74) is 1.63. The van der Waals surface area contributed by atoms with Crippen molar-refractivity contribution in [3.05, 3.63) is 35.4 Å². The van der Waals surface area contributed by atoms with Gasteiger partial charge in [0, 0.05) is 16.9 Å². The van der Waals surface area contributed by atoms with Gasteiger partial charge in [0.1, 0.15) is 17.5 Å². The Morgan fingerprint density at radius 2 is 1.87 bits per heavy atom. The van der Waals surface area contributed by atoms with Crippen LogP contribution in [0.4, 0.5) is 0 Å². The average Bonchev–Trinajstić information content (AvgIpc) is 3.14. The van der Waals surface area contributed by atoms with Crippen LogP contribution in [0.15, 0.2) is 24.3 Å². The van der Waals surface area contributed by atoms with Crippen molar-refractivity contribution in [2.45, 2.75) is 76.6 Å². The Kier molecular flexibility index (Phi) is 7.04. The number of carbonyl (C=O) groups is 3. The number of carbonyl (C=O) groups excluding carboxylic acids is 3. The normalized spacial score (nSPS) is 23.3. The Morgan fingerprint density at radius 3 is 2.52 bits per heavy atom. The highest BCUT2D eigenvalue weighted by Crippen LogP contribution is 2.56. The monoisotopic (exact) mass is 445 g/mol. The second kappa shape index (κ2) is 9.23. The van der Waals surface area contributed by atoms with E-state index < -0.39 is 16.8 Å². The van der Waals surface area contributed by atoms with Crippen LogP contribution in [0, 0.1) is 11.8 Å². The predicted molar refractivity (Wildman–Crippen MR) is 125 cm³/mol. The minimum atomic E-state index is -0.641. The van der Waals surface area contributed by atoms with E-state index in [1.54, 1.807) is 16.7 Å². The van der Waals surface area contributed by atoms with Crippen LogP contribution in [0.1, 0.15) is 75.7 Å². The van der Waals surface area contributed by atoms with E-state index in [1.165, 1.54) is 0 Å². The first-order valence-electron chi connectivity index (χ1n) is 11.3. The molecule has 1 fully saturated rings. The molecule has 1 aromatic carbocycles. The third-order valence-electron chi connectivity index (χ3n) is 6.36. The summed E-state index contributed by atoms with van der Waals surface area (Å²) in [6, 6.07) is 6.30. The lowest BCUT2D eigenvalue weighted by Gasteiger charge is -2.32. The molecule has 170 valence electrons. The van der Waals surface area contributed by atoms with Crippen molar-refractivity contribution < 1.29 is 14.4 Å². The average molecular weight is 446 g/mol. The van der Waals surface area contributed by atoms with Gasteiger partial charge in [0.15, 0.2) is 0 Å². The Hall–Kier alpha value is -2.02. The fourth-order valence-electron chi connectivity index (χ4n) is 4.33. The molecule has 2 heterocycles. The van der Waals surface area contributed by atoms with Crippen LogP contribution in [0.25, 0.3) is 0 Å². The first-order valence-corrected chi connectivity index (χ1v) is 12.1. The number of amides is 3. The summed E-state index contributed by atoms with van der Waals surface area (Å²) in [5, 5.41) is 5.81. The van der Waals surface area contributed by atoms with Crippen LogP contribution in [0.3, 0.4) is 0 Å². The molecular formula is C24H35N3O3S. The summed E-state index contributed by atoms with van der Waals surface area (Å²) < 4.78 is -0.466. The van der Waals surface area contributed by atoms with E-state index in [0.29, 0.717) is 18.0 Å². The molecule has 6 nitrogen and oxygen atoms in total. The van der Waals surface area contributed by atoms with Gasteiger partial charge >= 0.3 is 0 Å². The zero-order chi connectivity index (χ0) is 22.9. The molecule has 3 rings (SSSR count). The third kappa shape index (κ3) is 4.61. The lowest BCUT2D eigenvalue weighted by atomic mass is 9.95. The molecule has 7 heteroatoms. The van der Waals surface area contributed by atoms with E-state index >= 15 is 0 Å². The molecule has 4 atom stereocenters. The van der Waals surface area contributed by atoms with E-state index in [4.69, 9.17) is 0 Å². The molecule has 0 aliphatic carbocycles. The largest absolute Gasteiger partial charge is 0.354 e. The maximum atomic E-state index is 13.5. The Labute approximate surface area is 189 Å². The predicted octanol–water partition coefficient (Wildman–Crippen LogP) is 3.73. The first-order chi connectivity index (χ1) is 14.6. The summed E-state index contributed by atoms with van der Waals surface area (Å²) in [6.07, 6.45) is 1.66. The smallest absolute Gasteiger partial charge is 0.256 e. The lowest BCUT2D eigenvalue weighted by molar-refractivity contribution is -0.133. The van der Waals surface area contributed by atoms with Crippen molar-refractivity contribution in [1.82, 2.24) is 15.5 Å². The van der Waals surface area contributed by atoms with Gasteiger partial charge in [-0.1, -0.05) is 52.3 Å². The van der Waals surface area contributed by atoms with Crippen molar-refractivity contribution in [2.75, 3.05) is 6.54 Å². The van der Waals surface area contributed by atoms with Gasteiger partial charge in [-0.25, -0.2) is 0 Å². The van der Waals surface area contributed by atoms with Crippen LogP contribution in [0.5, 0.6) is 0 Å². The number of hydrogen-bond donors (Lipinski definition) is 2. The quantitative estimate of drug-likeness (QED) is 0.639. The standard InChI is InChI=1S/C24H35N3O3S/c1-7-15(4)18(20(28)25-13-12-14(2)3)26-21(29)19-24(5,6)31-23-17-11-9-8-10-16(17)22(30)27(19)23/h8-11,14-15,18-19,23H,7,12-13H2,1-6H3,(H,25,28)(H,26,29)/t15-,18-,19-,23-/m0/s1. The van der Waals surface area contributed by atoms with E-state index in [2.05, 4.69) is 24.5 Å². The lowest BCUT2D eigenvalue weighted by Crippen LogP contribution is -2.58. The highest BCUT2D eigenvalue weighted by Gasteiger charge is 2.57. The van der Waals surface area contributed by atoms with Crippen molar-refractivity contribution in [3.63, 3.8) is 0 Å². The molecule has 0 saturated carbocycles. The zero-order valence-electron chi connectivity index (χ0n) is 19.4. The SMILES string of the molecule is CC[C@H](C)[C@H](NC(=O)[C@@H]1N2C(=O)c3ccccc3[C@@H]2SC1(C)C)C(=O)NCCC(C)C. The molecule has 2 aliphatic rings. The van der Waals surface area contributed by atoms with E-state index in [0.717, 1.165) is 18.4 Å². The van der Waals surface area contributed by atoms with Gasteiger partial charge in [-0.2, -0.15) is 0 Å². The Morgan fingerprint density at radius 1 is 1.19 bits per heavy atom. The minimum Gasteiger partial charge on any atom is -0.354 e. The van der Waals surface area contributed by atoms with Crippen LogP contribution in [0.2, 0.25) is 0 Å². The van der Waals surface area contributed by atoms with Crippen molar-refractivity contribution in [3.8, 4) is 0 Å². The van der Waals surface area contributed by atoms with Gasteiger partial charge in [-0.15, -0.1) is 11.8 Å². The van der Waals surface area contributed by atoms with Crippen LogP contribution in [-0.4, -0.2) is 46.0 Å². The Balaban J connectivity index is 1.80. The highest BCUT2D eigenvalue weighted by molar-refractivity contribution is 8.01. The van der Waals surface area contributed by atoms with E-state index in [1.807, 2.05) is 52.0 Å². The summed E-state index contributed by atoms with van der Waals surface area (Å²) in [4.78, 5) is 41.3. The maximum Gasteiger partial charge on any atom is 0.256 e. The molecule has 1 saturated heterocycles. The summed E-state index contributed by atoms with van der Waals surface area (Å²) in [7, 11) is 0. The zero-order valence-corrected chi connectivity index (χ0v) is 20.2. The van der Waals surface area contributed by atoms with Gasteiger partial charge in [-0.05, 0) is 43.7 Å². The number of nitrogens with one attached hydrogen (secondary N) is 2. The number of benzene rings is 1. The van der Waals surface area contributed by atoms with E-state index in [9.17, 15) is 14.4 Å². The molecular weight excluding hydrogens is 410 g/mol. The summed E-state index contributed by atoms with van der Waals surface area (Å²) in [5.74, 6) is -0.0411. The van der Waals surface area contributed by atoms with Crippen molar-refractivity contribution in [2.24, 2.45) is 11.8 Å². The summed E-state index contributed by atoms with van der Waals surface area (Å²) >= 11 is 1.63. The molecule has 0 aromatic heterocycles. The first kappa shape index (κ1) is 23.6. The minimum absolute atomic E-state index is 0.0116. The van der Waals surface area contributed by atoms with Gasteiger partial charge in [0.2, 0.25) is 11.8 Å². The van der Waals surface area contributed by atoms with Crippen LogP contribution in [-0.2, 0) is 9.59 Å². The highest BCUT2D eigenvalue weighted by atomic mass is 32.2. The topological polar surface area (TPSA) is 78.5 Å². The molecule has 0 radical (unpaired) electrons. The molecule has 2 N–H and O–H groups in total. The van der Waals surface area contributed by atoms with Gasteiger partial charge in [-0.3, -0.25) is 14.4 Å². The van der Waals surface area contributed by atoms with Crippen LogP contribution < -0.4 is 10.6 Å². The second-order valence-corrected chi connectivity index (χ2v) is 11.4. The summed E-state index contributed by atoms with van der Waals surface area (Å²) in [6.45, 7) is 12.8. The Bertz CT molecular complexity index is 854. The van der Waals surface area contributed by atoms with Crippen molar-refractivity contribution in [1.29, 1.82) is 0 Å². The maximum absolute atomic E-state index is 13.5. The number of fused-ring (bicyclic) bond motifs is 3. The molecule has 31 heavy (non-hydrogen) atoms. The van der Waals surface area contributed by atoms with Crippen molar-refractivity contribution >= 4 is 29.5 Å². The molecule has 2 aliphatic heterocycles. The molecule has 0 bridgehead atoms. The fraction of sp³-hybridized carbons (Fsp3) is 0.625. The van der Waals surface area contributed by atoms with Gasteiger partial charge in [0.25, 0.3) is 5.91 Å².